The van der Waals surface area contributed by atoms with Crippen LogP contribution in [0.4, 0.5) is 4.39 Å². The van der Waals surface area contributed by atoms with Gasteiger partial charge in [0.05, 0.1) is 13.0 Å². The number of hydrogen-bond acceptors (Lipinski definition) is 3. The number of rotatable bonds is 6. The van der Waals surface area contributed by atoms with Gasteiger partial charge in [-0.25, -0.2) is 4.39 Å². The Hall–Kier alpha value is -1.42. The molecule has 1 aromatic carbocycles. The molecular formula is C13H18FNO2. The first-order valence-corrected chi connectivity index (χ1v) is 5.81. The van der Waals surface area contributed by atoms with E-state index in [-0.39, 0.29) is 24.2 Å². The van der Waals surface area contributed by atoms with Gasteiger partial charge in [0.1, 0.15) is 5.82 Å². The van der Waals surface area contributed by atoms with E-state index in [0.29, 0.717) is 6.61 Å². The van der Waals surface area contributed by atoms with Gasteiger partial charge in [0, 0.05) is 6.04 Å². The summed E-state index contributed by atoms with van der Waals surface area (Å²) in [6.45, 7) is 4.85. The molecule has 0 fully saturated rings. The second-order valence-corrected chi connectivity index (χ2v) is 3.67. The van der Waals surface area contributed by atoms with Crippen molar-refractivity contribution in [2.24, 2.45) is 0 Å². The van der Waals surface area contributed by atoms with E-state index >= 15 is 0 Å². The van der Waals surface area contributed by atoms with Crippen LogP contribution in [-0.4, -0.2) is 19.1 Å². The number of benzene rings is 1. The number of hydrogen-bond donors (Lipinski definition) is 1. The molecule has 0 saturated carbocycles. The molecule has 0 spiro atoms. The average molecular weight is 239 g/mol. The summed E-state index contributed by atoms with van der Waals surface area (Å²) in [4.78, 5) is 11.4. The minimum absolute atomic E-state index is 0.125. The lowest BCUT2D eigenvalue weighted by atomic mass is 10.0. The first-order valence-electron chi connectivity index (χ1n) is 5.81. The molecule has 4 heteroatoms. The predicted octanol–water partition coefficient (Wildman–Crippen LogP) is 2.43. The molecule has 94 valence electrons. The van der Waals surface area contributed by atoms with Gasteiger partial charge in [-0.3, -0.25) is 4.79 Å². The highest BCUT2D eigenvalue weighted by Gasteiger charge is 2.15. The third-order valence-corrected chi connectivity index (χ3v) is 2.40. The molecule has 1 rings (SSSR count). The zero-order valence-electron chi connectivity index (χ0n) is 10.2. The summed E-state index contributed by atoms with van der Waals surface area (Å²) in [6.07, 6.45) is 0.257. The number of ether oxygens (including phenoxy) is 1. The molecule has 0 saturated heterocycles. The SMILES string of the molecule is CCNC(CC(=O)OCC)c1ccc(F)cc1. The largest absolute Gasteiger partial charge is 0.466 e. The fourth-order valence-corrected chi connectivity index (χ4v) is 1.64. The van der Waals surface area contributed by atoms with Crippen LogP contribution in [0.2, 0.25) is 0 Å². The molecule has 3 nitrogen and oxygen atoms in total. The maximum absolute atomic E-state index is 12.8. The van der Waals surface area contributed by atoms with Gasteiger partial charge < -0.3 is 10.1 Å². The monoisotopic (exact) mass is 239 g/mol. The van der Waals surface area contributed by atoms with Crippen molar-refractivity contribution in [1.29, 1.82) is 0 Å². The Labute approximate surface area is 101 Å². The molecular weight excluding hydrogens is 221 g/mol. The molecule has 0 aromatic heterocycles. The van der Waals surface area contributed by atoms with Crippen LogP contribution < -0.4 is 5.32 Å². The Morgan fingerprint density at radius 1 is 1.35 bits per heavy atom. The molecule has 0 aliphatic heterocycles. The van der Waals surface area contributed by atoms with Crippen molar-refractivity contribution in [2.45, 2.75) is 26.3 Å². The van der Waals surface area contributed by atoms with Crippen molar-refractivity contribution >= 4 is 5.97 Å². The fraction of sp³-hybridized carbons (Fsp3) is 0.462. The van der Waals surface area contributed by atoms with Crippen LogP contribution in [0, 0.1) is 5.82 Å². The Balaban J connectivity index is 2.71. The highest BCUT2D eigenvalue weighted by atomic mass is 19.1. The van der Waals surface area contributed by atoms with Crippen LogP contribution in [0.3, 0.4) is 0 Å². The van der Waals surface area contributed by atoms with Gasteiger partial charge in [-0.1, -0.05) is 19.1 Å². The van der Waals surface area contributed by atoms with Crippen LogP contribution in [0.1, 0.15) is 31.9 Å². The minimum Gasteiger partial charge on any atom is -0.466 e. The molecule has 0 radical (unpaired) electrons. The smallest absolute Gasteiger partial charge is 0.307 e. The van der Waals surface area contributed by atoms with Crippen molar-refractivity contribution in [3.05, 3.63) is 35.6 Å². The van der Waals surface area contributed by atoms with Crippen LogP contribution in [0.5, 0.6) is 0 Å². The maximum Gasteiger partial charge on any atom is 0.307 e. The topological polar surface area (TPSA) is 38.3 Å². The van der Waals surface area contributed by atoms with Crippen molar-refractivity contribution in [2.75, 3.05) is 13.2 Å². The van der Waals surface area contributed by atoms with Crippen molar-refractivity contribution in [3.63, 3.8) is 0 Å². The summed E-state index contributed by atoms with van der Waals surface area (Å²) in [5.74, 6) is -0.525. The standard InChI is InChI=1S/C13H18FNO2/c1-3-15-12(9-13(16)17-4-2)10-5-7-11(14)8-6-10/h5-8,12,15H,3-4,9H2,1-2H3. The Kier molecular flexibility index (Phi) is 5.63. The summed E-state index contributed by atoms with van der Waals surface area (Å²) in [6, 6.07) is 6.03. The zero-order chi connectivity index (χ0) is 12.7. The first-order chi connectivity index (χ1) is 8.17. The summed E-state index contributed by atoms with van der Waals surface area (Å²) in [7, 11) is 0. The fourth-order valence-electron chi connectivity index (χ4n) is 1.64. The van der Waals surface area contributed by atoms with Crippen LogP contribution >= 0.6 is 0 Å². The third-order valence-electron chi connectivity index (χ3n) is 2.40. The van der Waals surface area contributed by atoms with E-state index in [2.05, 4.69) is 5.32 Å². The molecule has 0 bridgehead atoms. The van der Waals surface area contributed by atoms with E-state index in [1.54, 1.807) is 19.1 Å². The van der Waals surface area contributed by atoms with E-state index in [0.717, 1.165) is 12.1 Å². The van der Waals surface area contributed by atoms with Crippen molar-refractivity contribution in [3.8, 4) is 0 Å². The van der Waals surface area contributed by atoms with E-state index in [9.17, 15) is 9.18 Å². The normalized spacial score (nSPS) is 12.2. The van der Waals surface area contributed by atoms with Crippen LogP contribution in [0.25, 0.3) is 0 Å². The summed E-state index contributed by atoms with van der Waals surface area (Å²) < 4.78 is 17.7. The lowest BCUT2D eigenvalue weighted by Gasteiger charge is -2.17. The summed E-state index contributed by atoms with van der Waals surface area (Å²) in [5, 5.41) is 3.18. The lowest BCUT2D eigenvalue weighted by molar-refractivity contribution is -0.143. The van der Waals surface area contributed by atoms with Gasteiger partial charge >= 0.3 is 5.97 Å². The third kappa shape index (κ3) is 4.53. The van der Waals surface area contributed by atoms with Gasteiger partial charge in [-0.2, -0.15) is 0 Å². The minimum atomic E-state index is -0.278. The molecule has 0 heterocycles. The van der Waals surface area contributed by atoms with E-state index in [1.807, 2.05) is 6.92 Å². The Morgan fingerprint density at radius 3 is 2.53 bits per heavy atom. The van der Waals surface area contributed by atoms with Gasteiger partial charge in [0.25, 0.3) is 0 Å². The predicted molar refractivity (Wildman–Crippen MR) is 64.1 cm³/mol. The lowest BCUT2D eigenvalue weighted by Crippen LogP contribution is -2.24. The molecule has 0 amide bonds. The number of carbonyl (C=O) groups excluding carboxylic acids is 1. The van der Waals surface area contributed by atoms with Crippen molar-refractivity contribution < 1.29 is 13.9 Å². The van der Waals surface area contributed by atoms with Gasteiger partial charge in [0.15, 0.2) is 0 Å². The van der Waals surface area contributed by atoms with Gasteiger partial charge in [-0.05, 0) is 31.2 Å². The maximum atomic E-state index is 12.8. The molecule has 17 heavy (non-hydrogen) atoms. The summed E-state index contributed by atoms with van der Waals surface area (Å²) >= 11 is 0. The average Bonchev–Trinajstić information content (AvgIpc) is 2.30. The highest BCUT2D eigenvalue weighted by Crippen LogP contribution is 2.17. The van der Waals surface area contributed by atoms with Crippen LogP contribution in [0.15, 0.2) is 24.3 Å². The Morgan fingerprint density at radius 2 is 2.00 bits per heavy atom. The Bertz CT molecular complexity index is 351. The number of esters is 1. The quantitative estimate of drug-likeness (QED) is 0.775. The van der Waals surface area contributed by atoms with Crippen LogP contribution in [-0.2, 0) is 9.53 Å². The first kappa shape index (κ1) is 13.6. The number of carbonyl (C=O) groups is 1. The van der Waals surface area contributed by atoms with E-state index < -0.39 is 0 Å². The molecule has 0 aliphatic rings. The number of nitrogens with one attached hydrogen (secondary N) is 1. The molecule has 1 N–H and O–H groups in total. The summed E-state index contributed by atoms with van der Waals surface area (Å²) in [5.41, 5.74) is 0.890. The van der Waals surface area contributed by atoms with Gasteiger partial charge in [0.2, 0.25) is 0 Å². The van der Waals surface area contributed by atoms with Gasteiger partial charge in [-0.15, -0.1) is 0 Å². The zero-order valence-corrected chi connectivity index (χ0v) is 10.2. The molecule has 1 aromatic rings. The number of halogens is 1. The van der Waals surface area contributed by atoms with E-state index in [1.165, 1.54) is 12.1 Å². The second kappa shape index (κ2) is 7.01. The molecule has 0 aliphatic carbocycles. The highest BCUT2D eigenvalue weighted by molar-refractivity contribution is 5.70. The second-order valence-electron chi connectivity index (χ2n) is 3.67. The van der Waals surface area contributed by atoms with E-state index in [4.69, 9.17) is 4.74 Å². The molecule has 1 unspecified atom stereocenters. The van der Waals surface area contributed by atoms with Crippen molar-refractivity contribution in [1.82, 2.24) is 5.32 Å². The molecule has 1 atom stereocenters.